The predicted octanol–water partition coefficient (Wildman–Crippen LogP) is 3.54. The molecule has 3 N–H and O–H groups in total. The van der Waals surface area contributed by atoms with Gasteiger partial charge in [0.15, 0.2) is 17.3 Å². The Morgan fingerprint density at radius 1 is 1.09 bits per heavy atom. The minimum Gasteiger partial charge on any atom is -0.383 e. The maximum absolute atomic E-state index is 14.8. The number of rotatable bonds is 9. The summed E-state index contributed by atoms with van der Waals surface area (Å²) in [6.45, 7) is 2.60. The highest BCUT2D eigenvalue weighted by atomic mass is 19.2. The van der Waals surface area contributed by atoms with Crippen LogP contribution >= 0.6 is 0 Å². The minimum atomic E-state index is -1.25. The molecule has 1 fully saturated rings. The average molecular weight is 611 g/mol. The highest BCUT2D eigenvalue weighted by Gasteiger charge is 2.37. The number of ether oxygens (including phenoxy) is 1. The standard InChI is InChI=1S/C29H29F3N8O4/c1-16-23(17-11-20(30)24(34-13-17)28(41)33-2)38-40(19-7-5-4-6-8-19)27(16)37-29(42)36-22-15-39(9-10-43-3)44-25(22)18-12-21(31)26(32)35-14-18/h4-8,11-14,22,25H,9-10,15H2,1-3H3,(H,33,41)(H2,36,37,42)/t22-,25+/m1/s1. The second-order valence-corrected chi connectivity index (χ2v) is 9.86. The summed E-state index contributed by atoms with van der Waals surface area (Å²) in [6, 6.07) is 9.75. The van der Waals surface area contributed by atoms with Crippen molar-refractivity contribution < 1.29 is 32.3 Å². The molecule has 12 nitrogen and oxygen atoms in total. The summed E-state index contributed by atoms with van der Waals surface area (Å²) in [4.78, 5) is 38.7. The second kappa shape index (κ2) is 13.2. The zero-order valence-electron chi connectivity index (χ0n) is 24.0. The van der Waals surface area contributed by atoms with Gasteiger partial charge in [-0.15, -0.1) is 0 Å². The molecule has 1 aliphatic heterocycles. The Hall–Kier alpha value is -4.86. The fourth-order valence-corrected chi connectivity index (χ4v) is 4.77. The van der Waals surface area contributed by atoms with E-state index in [1.807, 2.05) is 6.07 Å². The zero-order valence-corrected chi connectivity index (χ0v) is 24.0. The Kier molecular flexibility index (Phi) is 9.18. The van der Waals surface area contributed by atoms with E-state index in [0.717, 1.165) is 18.3 Å². The normalized spacial score (nSPS) is 16.6. The summed E-state index contributed by atoms with van der Waals surface area (Å²) >= 11 is 0. The van der Waals surface area contributed by atoms with Gasteiger partial charge in [0.05, 0.1) is 24.0 Å². The average Bonchev–Trinajstić information content (AvgIpc) is 3.57. The number of halogens is 3. The molecule has 3 amide bonds. The number of anilines is 1. The topological polar surface area (TPSA) is 136 Å². The van der Waals surface area contributed by atoms with Gasteiger partial charge in [0.25, 0.3) is 5.91 Å². The first-order valence-corrected chi connectivity index (χ1v) is 13.5. The summed E-state index contributed by atoms with van der Waals surface area (Å²) < 4.78 is 48.9. The SMILES string of the molecule is CNC(=O)c1ncc(-c2nn(-c3ccccc3)c(NC(=O)N[C@@H]3CN(CCOC)O[C@H]3c3cnc(F)c(F)c3)c2C)cc1F. The first-order valence-electron chi connectivity index (χ1n) is 13.5. The lowest BCUT2D eigenvalue weighted by Crippen LogP contribution is -2.42. The molecule has 0 aliphatic carbocycles. The van der Waals surface area contributed by atoms with E-state index in [9.17, 15) is 22.8 Å². The molecule has 0 radical (unpaired) electrons. The lowest BCUT2D eigenvalue weighted by atomic mass is 10.0. The predicted molar refractivity (Wildman–Crippen MR) is 152 cm³/mol. The number of carbonyl (C=O) groups excluding carboxylic acids is 2. The van der Waals surface area contributed by atoms with Gasteiger partial charge in [-0.05, 0) is 31.2 Å². The Balaban J connectivity index is 1.45. The van der Waals surface area contributed by atoms with Gasteiger partial charge in [-0.1, -0.05) is 18.2 Å². The van der Waals surface area contributed by atoms with E-state index in [4.69, 9.17) is 9.57 Å². The van der Waals surface area contributed by atoms with Crippen LogP contribution in [0.2, 0.25) is 0 Å². The van der Waals surface area contributed by atoms with Gasteiger partial charge in [0.1, 0.15) is 11.9 Å². The number of amides is 3. The van der Waals surface area contributed by atoms with Crippen molar-refractivity contribution in [1.82, 2.24) is 35.4 Å². The molecule has 4 aromatic rings. The number of carbonyl (C=O) groups is 2. The smallest absolute Gasteiger partial charge is 0.320 e. The van der Waals surface area contributed by atoms with Crippen LogP contribution in [0, 0.1) is 24.5 Å². The van der Waals surface area contributed by atoms with Gasteiger partial charge in [-0.3, -0.25) is 14.9 Å². The molecule has 230 valence electrons. The van der Waals surface area contributed by atoms with Crippen LogP contribution in [-0.4, -0.2) is 76.6 Å². The molecule has 0 bridgehead atoms. The van der Waals surface area contributed by atoms with Crippen LogP contribution in [0.3, 0.4) is 0 Å². The molecule has 44 heavy (non-hydrogen) atoms. The Bertz CT molecular complexity index is 1670. The van der Waals surface area contributed by atoms with Crippen molar-refractivity contribution in [3.8, 4) is 16.9 Å². The first kappa shape index (κ1) is 30.6. The van der Waals surface area contributed by atoms with Crippen molar-refractivity contribution in [2.24, 2.45) is 0 Å². The molecule has 1 aromatic carbocycles. The number of aromatic nitrogens is 4. The monoisotopic (exact) mass is 610 g/mol. The molecule has 0 spiro atoms. The van der Waals surface area contributed by atoms with E-state index >= 15 is 0 Å². The number of nitrogens with zero attached hydrogens (tertiary/aromatic N) is 5. The number of hydrogen-bond acceptors (Lipinski definition) is 8. The van der Waals surface area contributed by atoms with Crippen molar-refractivity contribution in [2.45, 2.75) is 19.1 Å². The molecule has 5 rings (SSSR count). The highest BCUT2D eigenvalue weighted by Crippen LogP contribution is 2.32. The lowest BCUT2D eigenvalue weighted by Gasteiger charge is -2.19. The summed E-state index contributed by atoms with van der Waals surface area (Å²) in [5.74, 6) is -3.62. The number of hydroxylamine groups is 2. The number of urea groups is 1. The molecule has 2 atom stereocenters. The minimum absolute atomic E-state index is 0.214. The fraction of sp³-hybridized carbons (Fsp3) is 0.276. The number of pyridine rings is 2. The molecule has 1 aliphatic rings. The lowest BCUT2D eigenvalue weighted by molar-refractivity contribution is -0.154. The van der Waals surface area contributed by atoms with E-state index in [-0.39, 0.29) is 29.2 Å². The van der Waals surface area contributed by atoms with Crippen molar-refractivity contribution in [2.75, 3.05) is 39.2 Å². The second-order valence-electron chi connectivity index (χ2n) is 9.86. The van der Waals surface area contributed by atoms with Gasteiger partial charge < -0.3 is 15.4 Å². The van der Waals surface area contributed by atoms with Gasteiger partial charge in [-0.2, -0.15) is 14.6 Å². The molecule has 3 aromatic heterocycles. The van der Waals surface area contributed by atoms with Crippen molar-refractivity contribution in [1.29, 1.82) is 0 Å². The summed E-state index contributed by atoms with van der Waals surface area (Å²) in [7, 11) is 2.90. The maximum atomic E-state index is 14.8. The summed E-state index contributed by atoms with van der Waals surface area (Å²) in [5.41, 5.74) is 1.57. The Labute approximate surface area is 250 Å². The van der Waals surface area contributed by atoms with Crippen LogP contribution in [0.5, 0.6) is 0 Å². The van der Waals surface area contributed by atoms with Crippen LogP contribution < -0.4 is 16.0 Å². The number of benzene rings is 1. The Morgan fingerprint density at radius 2 is 1.86 bits per heavy atom. The number of hydrogen-bond donors (Lipinski definition) is 3. The van der Waals surface area contributed by atoms with E-state index in [0.29, 0.717) is 30.1 Å². The van der Waals surface area contributed by atoms with Crippen molar-refractivity contribution in [3.63, 3.8) is 0 Å². The quantitative estimate of drug-likeness (QED) is 0.245. The van der Waals surface area contributed by atoms with Gasteiger partial charge in [0, 0.05) is 56.3 Å². The molecule has 1 saturated heterocycles. The molecular formula is C29H29F3N8O4. The van der Waals surface area contributed by atoms with Gasteiger partial charge in [-0.25, -0.2) is 28.2 Å². The van der Waals surface area contributed by atoms with Crippen LogP contribution in [0.4, 0.5) is 23.8 Å². The Morgan fingerprint density at radius 3 is 2.55 bits per heavy atom. The maximum Gasteiger partial charge on any atom is 0.320 e. The van der Waals surface area contributed by atoms with Crippen molar-refractivity contribution >= 4 is 17.8 Å². The highest BCUT2D eigenvalue weighted by molar-refractivity contribution is 5.93. The number of methoxy groups -OCH3 is 1. The molecule has 4 heterocycles. The number of para-hydroxylation sites is 1. The third-order valence-corrected chi connectivity index (χ3v) is 6.95. The summed E-state index contributed by atoms with van der Waals surface area (Å²) in [6.07, 6.45) is 1.61. The van der Waals surface area contributed by atoms with Crippen LogP contribution in [0.15, 0.2) is 54.9 Å². The molecule has 15 heteroatoms. The van der Waals surface area contributed by atoms with Gasteiger partial charge in [0.2, 0.25) is 5.95 Å². The third-order valence-electron chi connectivity index (χ3n) is 6.95. The summed E-state index contributed by atoms with van der Waals surface area (Å²) in [5, 5.41) is 14.2. The molecule has 0 saturated carbocycles. The zero-order chi connectivity index (χ0) is 31.4. The van der Waals surface area contributed by atoms with E-state index < -0.39 is 41.7 Å². The van der Waals surface area contributed by atoms with E-state index in [2.05, 4.69) is 31.0 Å². The van der Waals surface area contributed by atoms with Crippen LogP contribution in [0.25, 0.3) is 16.9 Å². The van der Waals surface area contributed by atoms with Crippen LogP contribution in [-0.2, 0) is 9.57 Å². The fourth-order valence-electron chi connectivity index (χ4n) is 4.77. The van der Waals surface area contributed by atoms with Crippen molar-refractivity contribution in [3.05, 3.63) is 89.3 Å². The first-order chi connectivity index (χ1) is 21.2. The largest absolute Gasteiger partial charge is 0.383 e. The van der Waals surface area contributed by atoms with E-state index in [1.54, 1.807) is 36.3 Å². The number of nitrogens with one attached hydrogen (secondary N) is 3. The van der Waals surface area contributed by atoms with Gasteiger partial charge >= 0.3 is 6.03 Å². The van der Waals surface area contributed by atoms with Crippen LogP contribution in [0.1, 0.15) is 27.7 Å². The van der Waals surface area contributed by atoms with E-state index in [1.165, 1.54) is 25.0 Å². The molecular weight excluding hydrogens is 581 g/mol. The molecule has 0 unspecified atom stereocenters. The third kappa shape index (κ3) is 6.39.